The van der Waals surface area contributed by atoms with Crippen LogP contribution in [0, 0.1) is 0 Å². The number of aliphatic hydroxyl groups excluding tert-OH is 1. The van der Waals surface area contributed by atoms with E-state index < -0.39 is 11.9 Å². The van der Waals surface area contributed by atoms with Crippen molar-refractivity contribution in [3.8, 4) is 0 Å². The molecule has 1 aliphatic carbocycles. The lowest BCUT2D eigenvalue weighted by Crippen LogP contribution is -2.40. The van der Waals surface area contributed by atoms with Gasteiger partial charge in [0.1, 0.15) is 6.10 Å². The highest BCUT2D eigenvalue weighted by Gasteiger charge is 2.31. The minimum absolute atomic E-state index is 0.779. The number of allylic oxidation sites excluding steroid dienone is 2. The van der Waals surface area contributed by atoms with Crippen molar-refractivity contribution in [1.82, 2.24) is 0 Å². The zero-order valence-corrected chi connectivity index (χ0v) is 8.04. The van der Waals surface area contributed by atoms with Gasteiger partial charge in [0.05, 0.1) is 0 Å². The third-order valence-electron chi connectivity index (χ3n) is 2.39. The van der Waals surface area contributed by atoms with Gasteiger partial charge < -0.3 is 15.3 Å². The van der Waals surface area contributed by atoms with Crippen molar-refractivity contribution >= 4 is 5.57 Å². The maximum atomic E-state index is 9.44. The molecule has 15 heavy (non-hydrogen) atoms. The molecule has 0 aromatic heterocycles. The predicted octanol–water partition coefficient (Wildman–Crippen LogP) is 0.682. The Morgan fingerprint density at radius 3 is 2.33 bits per heavy atom. The first-order valence-corrected chi connectivity index (χ1v) is 4.69. The molecule has 0 amide bonds. The number of aliphatic hydroxyl groups is 3. The van der Waals surface area contributed by atoms with Crippen LogP contribution in [-0.2, 0) is 0 Å². The van der Waals surface area contributed by atoms with Gasteiger partial charge in [-0.15, -0.1) is 0 Å². The molecule has 0 saturated heterocycles. The molecule has 3 nitrogen and oxygen atoms in total. The van der Waals surface area contributed by atoms with Crippen LogP contribution in [0.1, 0.15) is 5.56 Å². The number of benzene rings is 1. The minimum Gasteiger partial charge on any atom is -0.383 e. The molecule has 0 spiro atoms. The topological polar surface area (TPSA) is 60.7 Å². The molecule has 0 heterocycles. The van der Waals surface area contributed by atoms with Gasteiger partial charge in [-0.2, -0.15) is 0 Å². The standard InChI is InChI=1S/C12H12O3/c13-11-8-10(6-7-12(11,14)15)9-4-2-1-3-5-9/h1-8,11,13-15H. The Labute approximate surface area is 87.6 Å². The molecule has 1 atom stereocenters. The minimum atomic E-state index is -2.15. The number of hydrogen-bond donors (Lipinski definition) is 3. The highest BCUT2D eigenvalue weighted by molar-refractivity contribution is 5.75. The van der Waals surface area contributed by atoms with Crippen LogP contribution < -0.4 is 0 Å². The van der Waals surface area contributed by atoms with E-state index in [2.05, 4.69) is 0 Å². The van der Waals surface area contributed by atoms with Gasteiger partial charge in [-0.1, -0.05) is 36.4 Å². The fourth-order valence-corrected chi connectivity index (χ4v) is 1.48. The third-order valence-corrected chi connectivity index (χ3v) is 2.39. The highest BCUT2D eigenvalue weighted by Crippen LogP contribution is 2.25. The van der Waals surface area contributed by atoms with Crippen LogP contribution >= 0.6 is 0 Å². The van der Waals surface area contributed by atoms with Crippen molar-refractivity contribution < 1.29 is 15.3 Å². The summed E-state index contributed by atoms with van der Waals surface area (Å²) in [6.45, 7) is 0. The van der Waals surface area contributed by atoms with Crippen LogP contribution in [0.2, 0.25) is 0 Å². The fraction of sp³-hybridized carbons (Fsp3) is 0.167. The van der Waals surface area contributed by atoms with Crippen molar-refractivity contribution in [2.24, 2.45) is 0 Å². The summed E-state index contributed by atoms with van der Waals surface area (Å²) < 4.78 is 0. The van der Waals surface area contributed by atoms with Gasteiger partial charge >= 0.3 is 0 Å². The average Bonchev–Trinajstić information content (AvgIpc) is 2.23. The summed E-state index contributed by atoms with van der Waals surface area (Å²) in [4.78, 5) is 0. The summed E-state index contributed by atoms with van der Waals surface area (Å²) >= 11 is 0. The van der Waals surface area contributed by atoms with Crippen LogP contribution in [0.15, 0.2) is 48.6 Å². The molecule has 1 unspecified atom stereocenters. The first-order chi connectivity index (χ1) is 7.09. The summed E-state index contributed by atoms with van der Waals surface area (Å²) in [6.07, 6.45) is 2.90. The highest BCUT2D eigenvalue weighted by atomic mass is 16.5. The quantitative estimate of drug-likeness (QED) is 0.589. The fourth-order valence-electron chi connectivity index (χ4n) is 1.48. The van der Waals surface area contributed by atoms with E-state index in [9.17, 15) is 15.3 Å². The molecule has 0 saturated carbocycles. The smallest absolute Gasteiger partial charge is 0.213 e. The van der Waals surface area contributed by atoms with E-state index in [0.717, 1.165) is 11.1 Å². The van der Waals surface area contributed by atoms with Crippen molar-refractivity contribution in [3.05, 3.63) is 54.1 Å². The Hall–Kier alpha value is -1.42. The summed E-state index contributed by atoms with van der Waals surface area (Å²) in [5.74, 6) is -2.15. The van der Waals surface area contributed by atoms with Crippen LogP contribution in [0.4, 0.5) is 0 Å². The lowest BCUT2D eigenvalue weighted by Gasteiger charge is -2.25. The molecule has 1 aliphatic rings. The zero-order chi connectivity index (χ0) is 10.9. The molecule has 1 aromatic carbocycles. The van der Waals surface area contributed by atoms with E-state index in [4.69, 9.17) is 0 Å². The second-order valence-corrected chi connectivity index (χ2v) is 3.55. The van der Waals surface area contributed by atoms with Crippen LogP contribution in [0.5, 0.6) is 0 Å². The van der Waals surface area contributed by atoms with Gasteiger partial charge in [0.15, 0.2) is 0 Å². The molecule has 3 N–H and O–H groups in total. The normalized spacial score (nSPS) is 23.7. The molecule has 78 valence electrons. The Morgan fingerprint density at radius 2 is 1.73 bits per heavy atom. The Balaban J connectivity index is 2.32. The lowest BCUT2D eigenvalue weighted by molar-refractivity contribution is -0.173. The predicted molar refractivity (Wildman–Crippen MR) is 56.7 cm³/mol. The van der Waals surface area contributed by atoms with Crippen LogP contribution in [0.3, 0.4) is 0 Å². The van der Waals surface area contributed by atoms with E-state index >= 15 is 0 Å². The van der Waals surface area contributed by atoms with Crippen LogP contribution in [0.25, 0.3) is 5.57 Å². The van der Waals surface area contributed by atoms with Crippen molar-refractivity contribution in [1.29, 1.82) is 0 Å². The van der Waals surface area contributed by atoms with Gasteiger partial charge in [0.25, 0.3) is 0 Å². The van der Waals surface area contributed by atoms with E-state index in [-0.39, 0.29) is 0 Å². The Kier molecular flexibility index (Phi) is 2.44. The van der Waals surface area contributed by atoms with Gasteiger partial charge in [0, 0.05) is 0 Å². The second-order valence-electron chi connectivity index (χ2n) is 3.55. The lowest BCUT2D eigenvalue weighted by atomic mass is 9.95. The molecule has 0 fully saturated rings. The Bertz CT molecular complexity index is 404. The number of rotatable bonds is 1. The van der Waals surface area contributed by atoms with Crippen LogP contribution in [-0.4, -0.2) is 27.2 Å². The van der Waals surface area contributed by atoms with E-state index in [1.807, 2.05) is 30.3 Å². The summed E-state index contributed by atoms with van der Waals surface area (Å²) in [5.41, 5.74) is 1.71. The van der Waals surface area contributed by atoms with Gasteiger partial charge in [0.2, 0.25) is 5.79 Å². The molecule has 1 aromatic rings. The maximum absolute atomic E-state index is 9.44. The molecular weight excluding hydrogens is 192 g/mol. The largest absolute Gasteiger partial charge is 0.383 e. The maximum Gasteiger partial charge on any atom is 0.213 e. The van der Waals surface area contributed by atoms with Crippen molar-refractivity contribution in [3.63, 3.8) is 0 Å². The summed E-state index contributed by atoms with van der Waals surface area (Å²) in [7, 11) is 0. The van der Waals surface area contributed by atoms with Gasteiger partial charge in [-0.3, -0.25) is 0 Å². The van der Waals surface area contributed by atoms with Crippen molar-refractivity contribution in [2.75, 3.05) is 0 Å². The van der Waals surface area contributed by atoms with E-state index in [0.29, 0.717) is 0 Å². The van der Waals surface area contributed by atoms with Crippen molar-refractivity contribution in [2.45, 2.75) is 11.9 Å². The molecule has 3 heteroatoms. The average molecular weight is 204 g/mol. The Morgan fingerprint density at radius 1 is 1.07 bits per heavy atom. The molecule has 2 rings (SSSR count). The third kappa shape index (κ3) is 1.99. The van der Waals surface area contributed by atoms with Gasteiger partial charge in [-0.05, 0) is 23.3 Å². The first kappa shape index (κ1) is 10.1. The first-order valence-electron chi connectivity index (χ1n) is 4.69. The van der Waals surface area contributed by atoms with Gasteiger partial charge in [-0.25, -0.2) is 0 Å². The number of hydrogen-bond acceptors (Lipinski definition) is 3. The summed E-state index contributed by atoms with van der Waals surface area (Å²) in [6, 6.07) is 9.46. The second kappa shape index (κ2) is 3.62. The molecule has 0 radical (unpaired) electrons. The zero-order valence-electron chi connectivity index (χ0n) is 8.04. The molecule has 0 bridgehead atoms. The molecular formula is C12H12O3. The van der Waals surface area contributed by atoms with E-state index in [1.54, 1.807) is 6.08 Å². The van der Waals surface area contributed by atoms with E-state index in [1.165, 1.54) is 12.2 Å². The molecule has 0 aliphatic heterocycles. The monoisotopic (exact) mass is 204 g/mol. The summed E-state index contributed by atoms with van der Waals surface area (Å²) in [5, 5.41) is 28.0. The SMILES string of the molecule is OC1C=C(c2ccccc2)C=CC1(O)O.